The third-order valence-electron chi connectivity index (χ3n) is 9.49. The van der Waals surface area contributed by atoms with E-state index in [1.165, 1.54) is 28.2 Å². The molecule has 0 saturated heterocycles. The zero-order chi connectivity index (χ0) is 31.1. The maximum absolute atomic E-state index is 11.7. The zero-order valence-corrected chi connectivity index (χ0v) is 29.6. The quantitative estimate of drug-likeness (QED) is 0.102. The second-order valence-electron chi connectivity index (χ2n) is 12.4. The van der Waals surface area contributed by atoms with Crippen LogP contribution in [0.1, 0.15) is 89.7 Å². The van der Waals surface area contributed by atoms with E-state index in [1.807, 2.05) is 33.8 Å². The van der Waals surface area contributed by atoms with Crippen molar-refractivity contribution in [2.75, 3.05) is 0 Å². The first kappa shape index (κ1) is 33.6. The molecule has 6 rings (SSSR count). The Bertz CT molecular complexity index is 1850. The number of para-hydroxylation sites is 1. The predicted octanol–water partition coefficient (Wildman–Crippen LogP) is 10.7. The molecule has 1 radical (unpaired) electrons. The summed E-state index contributed by atoms with van der Waals surface area (Å²) in [6.07, 6.45) is 4.91. The zero-order valence-electron chi connectivity index (χ0n) is 27.2. The Morgan fingerprint density at radius 1 is 0.909 bits per heavy atom. The summed E-state index contributed by atoms with van der Waals surface area (Å²) < 4.78 is 6.37. The van der Waals surface area contributed by atoms with Crippen LogP contribution in [0.4, 0.5) is 0 Å². The molecule has 2 aromatic heterocycles. The van der Waals surface area contributed by atoms with E-state index in [1.54, 1.807) is 0 Å². The van der Waals surface area contributed by atoms with Crippen LogP contribution in [-0.4, -0.2) is 15.9 Å². The van der Waals surface area contributed by atoms with E-state index in [0.29, 0.717) is 0 Å². The first-order valence-corrected chi connectivity index (χ1v) is 15.8. The summed E-state index contributed by atoms with van der Waals surface area (Å²) in [5, 5.41) is 14.4. The number of aliphatic hydroxyl groups is 1. The van der Waals surface area contributed by atoms with Crippen molar-refractivity contribution in [2.45, 2.75) is 86.5 Å². The summed E-state index contributed by atoms with van der Waals surface area (Å²) in [4.78, 5) is 16.8. The number of nitrogens with zero attached hydrogens (tertiary/aromatic N) is 1. The maximum Gasteiger partial charge on any atom is 0.162 e. The molecule has 0 amide bonds. The fourth-order valence-electron chi connectivity index (χ4n) is 7.14. The Hall–Kier alpha value is -3.27. The van der Waals surface area contributed by atoms with Gasteiger partial charge < -0.3 is 9.52 Å². The van der Waals surface area contributed by atoms with Crippen LogP contribution in [0, 0.1) is 31.7 Å². The second kappa shape index (κ2) is 13.4. The largest absolute Gasteiger partial charge is 0.512 e. The number of hydrogen-bond acceptors (Lipinski definition) is 4. The number of carbonyl (C=O) groups excluding carboxylic acids is 1. The van der Waals surface area contributed by atoms with E-state index in [2.05, 4.69) is 76.2 Å². The maximum atomic E-state index is 11.7. The molecule has 4 nitrogen and oxygen atoms in total. The smallest absolute Gasteiger partial charge is 0.162 e. The summed E-state index contributed by atoms with van der Waals surface area (Å²) in [5.74, 6) is 1.53. The van der Waals surface area contributed by atoms with E-state index >= 15 is 0 Å². The van der Waals surface area contributed by atoms with Gasteiger partial charge in [0.25, 0.3) is 0 Å². The van der Waals surface area contributed by atoms with Crippen LogP contribution >= 0.6 is 0 Å². The number of aliphatic hydroxyl groups excluding tert-OH is 1. The molecule has 0 unspecified atom stereocenters. The topological polar surface area (TPSA) is 63.3 Å². The van der Waals surface area contributed by atoms with Gasteiger partial charge in [-0.3, -0.25) is 9.78 Å². The van der Waals surface area contributed by atoms with Gasteiger partial charge in [0, 0.05) is 54.5 Å². The Balaban J connectivity index is 0.000000239. The molecule has 1 aliphatic carbocycles. The predicted molar refractivity (Wildman–Crippen MR) is 179 cm³/mol. The Morgan fingerprint density at radius 3 is 2.14 bits per heavy atom. The van der Waals surface area contributed by atoms with Gasteiger partial charge in [0.15, 0.2) is 5.78 Å². The van der Waals surface area contributed by atoms with E-state index in [4.69, 9.17) is 9.40 Å². The van der Waals surface area contributed by atoms with Crippen LogP contribution in [0.3, 0.4) is 0 Å². The number of benzene rings is 3. The second-order valence-corrected chi connectivity index (χ2v) is 12.4. The van der Waals surface area contributed by atoms with Gasteiger partial charge in [-0.25, -0.2) is 0 Å². The van der Waals surface area contributed by atoms with Crippen LogP contribution in [0.25, 0.3) is 43.9 Å². The van der Waals surface area contributed by atoms with Crippen LogP contribution in [-0.2, 0) is 30.3 Å². The molecule has 3 aromatic carbocycles. The molecular weight excluding hydrogens is 723 g/mol. The number of rotatable bonds is 7. The molecular formula is C39H44IrNO3-. The van der Waals surface area contributed by atoms with Crippen LogP contribution in [0.15, 0.2) is 64.8 Å². The number of allylic oxidation sites excluding steroid dienone is 2. The number of furan rings is 1. The average molecular weight is 767 g/mol. The standard InChI is InChI=1S/C26H20NO.C13H24O2.Ir/c1-14-17-10-6-5-9-16(17)13-19-22(14)26(3,4)23-15(2)28-25-18-11-7-8-12-20(18)27-24(19)21(23)25;1-5-10(6-2)12(14)9-13(15)11(7-3)8-4;/h5-12H,1-4H3;9-11,14H,5-8H2,1-4H3;/q-1;;/b;12-9-;. The third kappa shape index (κ3) is 5.66. The monoisotopic (exact) mass is 767 g/mol. The van der Waals surface area contributed by atoms with Crippen molar-refractivity contribution < 1.29 is 34.4 Å². The SMILES string of the molecule is CCC(CC)C(=O)/C=C(\O)C(CC)CC.Cc1oc2c3c(nc4ccccc42)-c2[c-]c4ccccc4c(C)c2C(C)(C)c13.[Ir]. The first-order chi connectivity index (χ1) is 20.6. The van der Waals surface area contributed by atoms with Gasteiger partial charge in [-0.1, -0.05) is 95.3 Å². The Morgan fingerprint density at radius 2 is 1.50 bits per heavy atom. The van der Waals surface area contributed by atoms with Gasteiger partial charge in [0.1, 0.15) is 11.3 Å². The fraction of sp³-hybridized carbons (Fsp3) is 0.385. The summed E-state index contributed by atoms with van der Waals surface area (Å²) in [6.45, 7) is 17.0. The number of ketones is 1. The van der Waals surface area contributed by atoms with Crippen molar-refractivity contribution in [3.63, 3.8) is 0 Å². The molecule has 2 heterocycles. The fourth-order valence-corrected chi connectivity index (χ4v) is 7.14. The van der Waals surface area contributed by atoms with E-state index < -0.39 is 0 Å². The molecule has 5 aromatic rings. The number of aromatic nitrogens is 1. The molecule has 5 heteroatoms. The van der Waals surface area contributed by atoms with E-state index in [-0.39, 0.29) is 48.9 Å². The van der Waals surface area contributed by atoms with Crippen molar-refractivity contribution in [3.05, 3.63) is 88.9 Å². The van der Waals surface area contributed by atoms with Crippen LogP contribution in [0.5, 0.6) is 0 Å². The first-order valence-electron chi connectivity index (χ1n) is 15.8. The van der Waals surface area contributed by atoms with Gasteiger partial charge in [-0.2, -0.15) is 0 Å². The van der Waals surface area contributed by atoms with E-state index in [0.717, 1.165) is 70.0 Å². The molecule has 0 saturated carbocycles. The summed E-state index contributed by atoms with van der Waals surface area (Å²) in [7, 11) is 0. The van der Waals surface area contributed by atoms with Gasteiger partial charge in [-0.05, 0) is 55.7 Å². The number of aryl methyl sites for hydroxylation is 2. The molecule has 0 aliphatic heterocycles. The summed E-state index contributed by atoms with van der Waals surface area (Å²) in [5.41, 5.74) is 7.74. The number of carbonyl (C=O) groups is 1. The minimum atomic E-state index is -0.174. The number of fused-ring (bicyclic) bond motifs is 5. The minimum Gasteiger partial charge on any atom is -0.512 e. The van der Waals surface area contributed by atoms with Crippen molar-refractivity contribution in [2.24, 2.45) is 11.8 Å². The number of pyridine rings is 1. The molecule has 233 valence electrons. The molecule has 44 heavy (non-hydrogen) atoms. The molecule has 1 N–H and O–H groups in total. The number of hydrogen-bond donors (Lipinski definition) is 1. The molecule has 1 aliphatic rings. The van der Waals surface area contributed by atoms with Gasteiger partial charge in [-0.15, -0.1) is 23.1 Å². The minimum absolute atomic E-state index is 0. The molecule has 0 fully saturated rings. The van der Waals surface area contributed by atoms with Gasteiger partial charge >= 0.3 is 0 Å². The summed E-state index contributed by atoms with van der Waals surface area (Å²) in [6, 6.07) is 20.5. The third-order valence-corrected chi connectivity index (χ3v) is 9.49. The normalized spacial score (nSPS) is 13.6. The van der Waals surface area contributed by atoms with Crippen molar-refractivity contribution in [1.29, 1.82) is 0 Å². The van der Waals surface area contributed by atoms with Crippen LogP contribution < -0.4 is 0 Å². The Labute approximate surface area is 275 Å². The van der Waals surface area contributed by atoms with Gasteiger partial charge in [0.2, 0.25) is 0 Å². The van der Waals surface area contributed by atoms with E-state index in [9.17, 15) is 9.90 Å². The average Bonchev–Trinajstić information content (AvgIpc) is 3.36. The molecule has 0 bridgehead atoms. The molecule has 0 atom stereocenters. The molecule has 0 spiro atoms. The van der Waals surface area contributed by atoms with Gasteiger partial charge in [0.05, 0.1) is 11.3 Å². The van der Waals surface area contributed by atoms with Crippen molar-refractivity contribution in [1.82, 2.24) is 4.98 Å². The van der Waals surface area contributed by atoms with Crippen molar-refractivity contribution in [3.8, 4) is 11.3 Å². The Kier molecular flexibility index (Phi) is 10.2. The summed E-state index contributed by atoms with van der Waals surface area (Å²) >= 11 is 0. The van der Waals surface area contributed by atoms with Crippen LogP contribution in [0.2, 0.25) is 0 Å². The van der Waals surface area contributed by atoms with Crippen molar-refractivity contribution >= 4 is 38.4 Å².